The molecule has 0 atom stereocenters. The molecule has 2 aliphatic carbocycles. The lowest BCUT2D eigenvalue weighted by atomic mass is 9.68. The Balaban J connectivity index is 1.68. The molecule has 1 heterocycles. The number of carbonyl (C=O) groups excluding carboxylic acids is 1. The molecule has 1 spiro atoms. The topological polar surface area (TPSA) is 61.2 Å². The highest BCUT2D eigenvalue weighted by Gasteiger charge is 2.44. The van der Waals surface area contributed by atoms with Crippen molar-refractivity contribution in [2.24, 2.45) is 0 Å². The van der Waals surface area contributed by atoms with Crippen LogP contribution in [-0.2, 0) is 27.9 Å². The molecular weight excluding hydrogens is 432 g/mol. The van der Waals surface area contributed by atoms with E-state index in [1.807, 2.05) is 36.4 Å². The van der Waals surface area contributed by atoms with Crippen LogP contribution in [0.1, 0.15) is 49.3 Å². The lowest BCUT2D eigenvalue weighted by Gasteiger charge is -2.36. The highest BCUT2D eigenvalue weighted by Crippen LogP contribution is 2.49. The maximum absolute atomic E-state index is 14.2. The standard InChI is InChI=1S/C27H28N2O3S/c1-2-32-22(30)18-33-26-28-24-21-13-7-6-12-20(21)16-27(14-8-9-15-27)23(24)25(31)29(26)17-19-10-4-3-5-11-19/h3-7,10-13H,2,8-9,14-18H2,1H3. The van der Waals surface area contributed by atoms with Crippen molar-refractivity contribution in [1.29, 1.82) is 0 Å². The molecule has 6 heteroatoms. The quantitative estimate of drug-likeness (QED) is 0.295. The van der Waals surface area contributed by atoms with E-state index in [-0.39, 0.29) is 22.7 Å². The second kappa shape index (κ2) is 9.18. The van der Waals surface area contributed by atoms with Crippen LogP contribution in [-0.4, -0.2) is 27.9 Å². The summed E-state index contributed by atoms with van der Waals surface area (Å²) in [4.78, 5) is 31.4. The van der Waals surface area contributed by atoms with Gasteiger partial charge in [0.05, 0.1) is 30.2 Å². The first-order valence-electron chi connectivity index (χ1n) is 11.7. The SMILES string of the molecule is CCOC(=O)CSc1nc2c(c(=O)n1Cc1ccccc1)C1(CCCC1)Cc1ccccc1-2. The summed E-state index contributed by atoms with van der Waals surface area (Å²) in [6, 6.07) is 18.3. The molecule has 2 aromatic carbocycles. The summed E-state index contributed by atoms with van der Waals surface area (Å²) in [5.41, 5.74) is 4.92. The number of ether oxygens (including phenoxy) is 1. The maximum atomic E-state index is 14.2. The van der Waals surface area contributed by atoms with Crippen LogP contribution in [0.2, 0.25) is 0 Å². The molecule has 0 saturated heterocycles. The number of aromatic nitrogens is 2. The molecule has 5 rings (SSSR count). The van der Waals surface area contributed by atoms with Crippen molar-refractivity contribution >= 4 is 17.7 Å². The molecule has 0 radical (unpaired) electrons. The van der Waals surface area contributed by atoms with Crippen molar-refractivity contribution in [2.45, 2.75) is 56.1 Å². The third-order valence-corrected chi connectivity index (χ3v) is 7.78. The molecular formula is C27H28N2O3S. The van der Waals surface area contributed by atoms with Gasteiger partial charge in [0.15, 0.2) is 5.16 Å². The van der Waals surface area contributed by atoms with E-state index in [0.29, 0.717) is 18.3 Å². The van der Waals surface area contributed by atoms with E-state index in [2.05, 4.69) is 18.2 Å². The van der Waals surface area contributed by atoms with Gasteiger partial charge in [-0.3, -0.25) is 14.2 Å². The van der Waals surface area contributed by atoms with Crippen molar-refractivity contribution < 1.29 is 9.53 Å². The number of fused-ring (bicyclic) bond motifs is 4. The summed E-state index contributed by atoms with van der Waals surface area (Å²) in [6.45, 7) is 2.57. The molecule has 170 valence electrons. The van der Waals surface area contributed by atoms with Gasteiger partial charge in [-0.05, 0) is 37.3 Å². The molecule has 0 amide bonds. The summed E-state index contributed by atoms with van der Waals surface area (Å²) in [5, 5.41) is 0.570. The zero-order valence-electron chi connectivity index (χ0n) is 18.9. The molecule has 2 aliphatic rings. The molecule has 0 unspecified atom stereocenters. The van der Waals surface area contributed by atoms with Crippen molar-refractivity contribution in [3.63, 3.8) is 0 Å². The van der Waals surface area contributed by atoms with Crippen molar-refractivity contribution in [3.05, 3.63) is 81.6 Å². The van der Waals surface area contributed by atoms with Crippen LogP contribution in [0.15, 0.2) is 64.5 Å². The van der Waals surface area contributed by atoms with Crippen molar-refractivity contribution in [1.82, 2.24) is 9.55 Å². The van der Waals surface area contributed by atoms with E-state index in [4.69, 9.17) is 9.72 Å². The van der Waals surface area contributed by atoms with Gasteiger partial charge in [0.1, 0.15) is 0 Å². The number of thioether (sulfide) groups is 1. The molecule has 33 heavy (non-hydrogen) atoms. The van der Waals surface area contributed by atoms with Gasteiger partial charge in [0, 0.05) is 11.0 Å². The zero-order valence-corrected chi connectivity index (χ0v) is 19.7. The second-order valence-corrected chi connectivity index (χ2v) is 9.85. The Bertz CT molecular complexity index is 1230. The Morgan fingerprint density at radius 1 is 1.09 bits per heavy atom. The molecule has 5 nitrogen and oxygen atoms in total. The molecule has 0 N–H and O–H groups in total. The Morgan fingerprint density at radius 3 is 2.58 bits per heavy atom. The predicted molar refractivity (Wildman–Crippen MR) is 131 cm³/mol. The lowest BCUT2D eigenvalue weighted by Crippen LogP contribution is -2.40. The van der Waals surface area contributed by atoms with E-state index in [9.17, 15) is 9.59 Å². The van der Waals surface area contributed by atoms with Crippen LogP contribution in [0.3, 0.4) is 0 Å². The second-order valence-electron chi connectivity index (χ2n) is 8.91. The number of hydrogen-bond donors (Lipinski definition) is 0. The number of carbonyl (C=O) groups is 1. The first kappa shape index (κ1) is 22.0. The summed E-state index contributed by atoms with van der Waals surface area (Å²) in [5.74, 6) is -0.172. The average Bonchev–Trinajstić information content (AvgIpc) is 3.28. The minimum atomic E-state index is -0.298. The number of esters is 1. The molecule has 1 fully saturated rings. The van der Waals surface area contributed by atoms with Crippen molar-refractivity contribution in [2.75, 3.05) is 12.4 Å². The van der Waals surface area contributed by atoms with Crippen LogP contribution in [0, 0.1) is 0 Å². The Hall–Kier alpha value is -2.86. The van der Waals surface area contributed by atoms with E-state index in [1.165, 1.54) is 17.3 Å². The highest BCUT2D eigenvalue weighted by atomic mass is 32.2. The fourth-order valence-corrected chi connectivity index (χ4v) is 6.18. The fraction of sp³-hybridized carbons (Fsp3) is 0.370. The van der Waals surface area contributed by atoms with E-state index in [0.717, 1.165) is 54.5 Å². The summed E-state index contributed by atoms with van der Waals surface area (Å²) >= 11 is 1.28. The normalized spacial score (nSPS) is 15.8. The van der Waals surface area contributed by atoms with Gasteiger partial charge in [-0.1, -0.05) is 79.2 Å². The molecule has 1 saturated carbocycles. The average molecular weight is 461 g/mol. The van der Waals surface area contributed by atoms with E-state index >= 15 is 0 Å². The number of rotatable bonds is 6. The Morgan fingerprint density at radius 2 is 1.82 bits per heavy atom. The summed E-state index contributed by atoms with van der Waals surface area (Å²) < 4.78 is 6.89. The van der Waals surface area contributed by atoms with Gasteiger partial charge < -0.3 is 4.74 Å². The van der Waals surface area contributed by atoms with Gasteiger partial charge in [-0.15, -0.1) is 0 Å². The Kier molecular flexibility index (Phi) is 6.11. The highest BCUT2D eigenvalue weighted by molar-refractivity contribution is 7.99. The van der Waals surface area contributed by atoms with E-state index in [1.54, 1.807) is 11.5 Å². The fourth-order valence-electron chi connectivity index (χ4n) is 5.39. The van der Waals surface area contributed by atoms with Gasteiger partial charge in [-0.25, -0.2) is 4.98 Å². The first-order chi connectivity index (χ1) is 16.1. The van der Waals surface area contributed by atoms with Crippen LogP contribution in [0.25, 0.3) is 11.3 Å². The number of hydrogen-bond acceptors (Lipinski definition) is 5. The molecule has 0 aliphatic heterocycles. The summed E-state index contributed by atoms with van der Waals surface area (Å²) in [6.07, 6.45) is 5.21. The van der Waals surface area contributed by atoms with Gasteiger partial charge in [0.2, 0.25) is 0 Å². The third-order valence-electron chi connectivity index (χ3n) is 6.83. The summed E-state index contributed by atoms with van der Waals surface area (Å²) in [7, 11) is 0. The smallest absolute Gasteiger partial charge is 0.316 e. The zero-order chi connectivity index (χ0) is 22.8. The minimum absolute atomic E-state index is 0.0339. The van der Waals surface area contributed by atoms with Crippen LogP contribution in [0.5, 0.6) is 0 Å². The van der Waals surface area contributed by atoms with Gasteiger partial charge >= 0.3 is 5.97 Å². The lowest BCUT2D eigenvalue weighted by molar-refractivity contribution is -0.139. The molecule has 3 aromatic rings. The number of nitrogens with zero attached hydrogens (tertiary/aromatic N) is 2. The predicted octanol–water partition coefficient (Wildman–Crippen LogP) is 4.98. The maximum Gasteiger partial charge on any atom is 0.316 e. The largest absolute Gasteiger partial charge is 0.465 e. The van der Waals surface area contributed by atoms with Gasteiger partial charge in [0.25, 0.3) is 5.56 Å². The first-order valence-corrected chi connectivity index (χ1v) is 12.7. The minimum Gasteiger partial charge on any atom is -0.465 e. The Labute approximate surface area is 198 Å². The molecule has 0 bridgehead atoms. The van der Waals surface area contributed by atoms with Gasteiger partial charge in [-0.2, -0.15) is 0 Å². The van der Waals surface area contributed by atoms with E-state index < -0.39 is 0 Å². The van der Waals surface area contributed by atoms with Crippen LogP contribution < -0.4 is 5.56 Å². The van der Waals surface area contributed by atoms with Crippen LogP contribution >= 0.6 is 11.8 Å². The number of benzene rings is 2. The van der Waals surface area contributed by atoms with Crippen molar-refractivity contribution in [3.8, 4) is 11.3 Å². The van der Waals surface area contributed by atoms with Crippen LogP contribution in [0.4, 0.5) is 0 Å². The third kappa shape index (κ3) is 4.12. The monoisotopic (exact) mass is 460 g/mol. The molecule has 1 aromatic heterocycles.